The highest BCUT2D eigenvalue weighted by molar-refractivity contribution is 7.91. The smallest absolute Gasteiger partial charge is 0.151 e. The second-order valence-electron chi connectivity index (χ2n) is 4.86. The Balaban J connectivity index is 2.61. The predicted octanol–water partition coefficient (Wildman–Crippen LogP) is 1.72. The van der Waals surface area contributed by atoms with Gasteiger partial charge < -0.3 is 5.73 Å². The molecule has 1 aliphatic carbocycles. The van der Waals surface area contributed by atoms with Crippen LogP contribution in [0.2, 0.25) is 0 Å². The van der Waals surface area contributed by atoms with Crippen LogP contribution < -0.4 is 5.73 Å². The Labute approximate surface area is 93.3 Å². The lowest BCUT2D eigenvalue weighted by Gasteiger charge is -2.26. The molecule has 0 saturated heterocycles. The van der Waals surface area contributed by atoms with Crippen molar-refractivity contribution in [3.05, 3.63) is 0 Å². The summed E-state index contributed by atoms with van der Waals surface area (Å²) in [6.45, 7) is 1.74. The fourth-order valence-corrected chi connectivity index (χ4v) is 3.16. The molecule has 1 rings (SSSR count). The van der Waals surface area contributed by atoms with Crippen molar-refractivity contribution in [1.82, 2.24) is 0 Å². The fraction of sp³-hybridized carbons (Fsp3) is 1.00. The van der Waals surface area contributed by atoms with Crippen molar-refractivity contribution in [3.63, 3.8) is 0 Å². The van der Waals surface area contributed by atoms with Gasteiger partial charge in [0.2, 0.25) is 0 Å². The van der Waals surface area contributed by atoms with Crippen molar-refractivity contribution in [2.75, 3.05) is 6.26 Å². The van der Waals surface area contributed by atoms with E-state index in [2.05, 4.69) is 0 Å². The normalized spacial score (nSPS) is 24.5. The van der Waals surface area contributed by atoms with E-state index in [1.54, 1.807) is 6.92 Å². The fourth-order valence-electron chi connectivity index (χ4n) is 2.36. The molecular weight excluding hydrogens is 210 g/mol. The maximum Gasteiger partial charge on any atom is 0.151 e. The third kappa shape index (κ3) is 3.76. The van der Waals surface area contributed by atoms with E-state index >= 15 is 0 Å². The minimum atomic E-state index is -2.99. The first-order chi connectivity index (χ1) is 6.93. The molecule has 0 aromatic carbocycles. The SMILES string of the molecule is CC(C(N)C1CCCCCC1)S(C)(=O)=O. The Morgan fingerprint density at radius 2 is 1.60 bits per heavy atom. The lowest BCUT2D eigenvalue weighted by Crippen LogP contribution is -2.43. The second-order valence-corrected chi connectivity index (χ2v) is 7.27. The second kappa shape index (κ2) is 5.30. The van der Waals surface area contributed by atoms with Gasteiger partial charge in [0.25, 0.3) is 0 Å². The summed E-state index contributed by atoms with van der Waals surface area (Å²) in [6.07, 6.45) is 8.44. The summed E-state index contributed by atoms with van der Waals surface area (Å²) in [5, 5.41) is -0.402. The molecule has 0 amide bonds. The number of hydrogen-bond donors (Lipinski definition) is 1. The lowest BCUT2D eigenvalue weighted by atomic mass is 9.91. The average molecular weight is 233 g/mol. The van der Waals surface area contributed by atoms with Crippen molar-refractivity contribution in [3.8, 4) is 0 Å². The maximum atomic E-state index is 11.4. The summed E-state index contributed by atoms with van der Waals surface area (Å²) in [6, 6.07) is -0.182. The number of rotatable bonds is 3. The molecule has 1 saturated carbocycles. The first-order valence-corrected chi connectivity index (χ1v) is 7.83. The predicted molar refractivity (Wildman–Crippen MR) is 63.5 cm³/mol. The van der Waals surface area contributed by atoms with Crippen LogP contribution in [0.3, 0.4) is 0 Å². The van der Waals surface area contributed by atoms with Crippen LogP contribution >= 0.6 is 0 Å². The van der Waals surface area contributed by atoms with E-state index in [1.165, 1.54) is 31.9 Å². The molecule has 0 spiro atoms. The van der Waals surface area contributed by atoms with Crippen LogP contribution in [0.1, 0.15) is 45.4 Å². The molecule has 2 atom stereocenters. The lowest BCUT2D eigenvalue weighted by molar-refractivity contribution is 0.366. The first-order valence-electron chi connectivity index (χ1n) is 5.87. The van der Waals surface area contributed by atoms with E-state index in [4.69, 9.17) is 5.73 Å². The van der Waals surface area contributed by atoms with Crippen molar-refractivity contribution < 1.29 is 8.42 Å². The van der Waals surface area contributed by atoms with Crippen molar-refractivity contribution in [2.45, 2.75) is 56.7 Å². The van der Waals surface area contributed by atoms with Gasteiger partial charge in [-0.15, -0.1) is 0 Å². The van der Waals surface area contributed by atoms with Crippen LogP contribution in [0.5, 0.6) is 0 Å². The zero-order valence-corrected chi connectivity index (χ0v) is 10.6. The topological polar surface area (TPSA) is 60.2 Å². The van der Waals surface area contributed by atoms with E-state index < -0.39 is 15.1 Å². The van der Waals surface area contributed by atoms with Crippen LogP contribution in [-0.4, -0.2) is 26.0 Å². The van der Waals surface area contributed by atoms with Gasteiger partial charge in [-0.2, -0.15) is 0 Å². The molecule has 15 heavy (non-hydrogen) atoms. The average Bonchev–Trinajstić information content (AvgIpc) is 2.42. The summed E-state index contributed by atoms with van der Waals surface area (Å²) >= 11 is 0. The van der Waals surface area contributed by atoms with E-state index in [0.29, 0.717) is 5.92 Å². The molecule has 2 unspecified atom stereocenters. The monoisotopic (exact) mass is 233 g/mol. The highest BCUT2D eigenvalue weighted by atomic mass is 32.2. The molecule has 4 heteroatoms. The first kappa shape index (κ1) is 13.0. The van der Waals surface area contributed by atoms with Crippen LogP contribution in [0, 0.1) is 5.92 Å². The zero-order valence-electron chi connectivity index (χ0n) is 9.78. The van der Waals surface area contributed by atoms with Crippen LogP contribution in [0.25, 0.3) is 0 Å². The van der Waals surface area contributed by atoms with E-state index in [9.17, 15) is 8.42 Å². The number of hydrogen-bond acceptors (Lipinski definition) is 3. The van der Waals surface area contributed by atoms with Gasteiger partial charge in [-0.3, -0.25) is 0 Å². The van der Waals surface area contributed by atoms with E-state index in [-0.39, 0.29) is 6.04 Å². The summed E-state index contributed by atoms with van der Waals surface area (Å²) in [5.41, 5.74) is 6.07. The Morgan fingerprint density at radius 1 is 1.13 bits per heavy atom. The molecule has 0 bridgehead atoms. The number of nitrogens with two attached hydrogens (primary N) is 1. The highest BCUT2D eigenvalue weighted by Crippen LogP contribution is 2.27. The van der Waals surface area contributed by atoms with Crippen molar-refractivity contribution in [2.24, 2.45) is 11.7 Å². The Bertz CT molecular complexity index is 279. The minimum absolute atomic E-state index is 0.182. The van der Waals surface area contributed by atoms with Gasteiger partial charge in [-0.05, 0) is 25.7 Å². The van der Waals surface area contributed by atoms with Gasteiger partial charge in [0, 0.05) is 12.3 Å². The quantitative estimate of drug-likeness (QED) is 0.755. The van der Waals surface area contributed by atoms with Crippen molar-refractivity contribution in [1.29, 1.82) is 0 Å². The van der Waals surface area contributed by atoms with E-state index in [0.717, 1.165) is 12.8 Å². The van der Waals surface area contributed by atoms with Crippen LogP contribution in [-0.2, 0) is 9.84 Å². The Kier molecular flexibility index (Phi) is 4.59. The molecule has 90 valence electrons. The van der Waals surface area contributed by atoms with Crippen LogP contribution in [0.15, 0.2) is 0 Å². The molecule has 0 aromatic rings. The molecule has 3 nitrogen and oxygen atoms in total. The van der Waals surface area contributed by atoms with Gasteiger partial charge in [0.05, 0.1) is 5.25 Å². The van der Waals surface area contributed by atoms with Gasteiger partial charge in [0.1, 0.15) is 0 Å². The summed E-state index contributed by atoms with van der Waals surface area (Å²) in [7, 11) is -2.99. The standard InChI is InChI=1S/C11H23NO2S/c1-9(15(2,13)14)11(12)10-7-5-3-4-6-8-10/h9-11H,3-8,12H2,1-2H3. The maximum absolute atomic E-state index is 11.4. The highest BCUT2D eigenvalue weighted by Gasteiger charge is 2.29. The van der Waals surface area contributed by atoms with Gasteiger partial charge in [-0.25, -0.2) is 8.42 Å². The molecule has 1 aliphatic rings. The number of sulfone groups is 1. The van der Waals surface area contributed by atoms with Gasteiger partial charge in [-0.1, -0.05) is 25.7 Å². The molecular formula is C11H23NO2S. The van der Waals surface area contributed by atoms with Crippen molar-refractivity contribution >= 4 is 9.84 Å². The summed E-state index contributed by atoms with van der Waals surface area (Å²) in [5.74, 6) is 0.400. The van der Waals surface area contributed by atoms with E-state index in [1.807, 2.05) is 0 Å². The molecule has 0 heterocycles. The third-order valence-electron chi connectivity index (χ3n) is 3.66. The third-order valence-corrected chi connectivity index (χ3v) is 5.33. The molecule has 0 aromatic heterocycles. The van der Waals surface area contributed by atoms with Crippen LogP contribution in [0.4, 0.5) is 0 Å². The molecule has 0 radical (unpaired) electrons. The summed E-state index contributed by atoms with van der Waals surface area (Å²) < 4.78 is 22.8. The van der Waals surface area contributed by atoms with Gasteiger partial charge in [0.15, 0.2) is 9.84 Å². The Morgan fingerprint density at radius 3 is 2.00 bits per heavy atom. The largest absolute Gasteiger partial charge is 0.326 e. The molecule has 1 fully saturated rings. The van der Waals surface area contributed by atoms with Gasteiger partial charge >= 0.3 is 0 Å². The Hall–Kier alpha value is -0.0900. The summed E-state index contributed by atoms with van der Waals surface area (Å²) in [4.78, 5) is 0. The molecule has 0 aliphatic heterocycles. The molecule has 2 N–H and O–H groups in total. The zero-order chi connectivity index (χ0) is 11.5. The minimum Gasteiger partial charge on any atom is -0.326 e.